The number of nitrogens with zero attached hydrogens (tertiary/aromatic N) is 2. The van der Waals surface area contributed by atoms with Gasteiger partial charge in [0, 0.05) is 28.9 Å². The molecule has 244 valence electrons. The van der Waals surface area contributed by atoms with Crippen LogP contribution in [0.15, 0.2) is 152 Å². The second-order valence-corrected chi connectivity index (χ2v) is 15.2. The molecule has 0 bridgehead atoms. The topological polar surface area (TPSA) is 17.8 Å². The first-order valence-electron chi connectivity index (χ1n) is 18.1. The van der Waals surface area contributed by atoms with E-state index in [2.05, 4.69) is 164 Å². The molecule has 0 amide bonds. The van der Waals surface area contributed by atoms with Crippen LogP contribution in [0.2, 0.25) is 0 Å². The van der Waals surface area contributed by atoms with Gasteiger partial charge in [-0.1, -0.05) is 124 Å². The van der Waals surface area contributed by atoms with Crippen LogP contribution in [0.3, 0.4) is 0 Å². The quantitative estimate of drug-likeness (QED) is 0.173. The molecule has 9 aromatic rings. The summed E-state index contributed by atoms with van der Waals surface area (Å²) in [6.45, 7) is 6.98. The predicted octanol–water partition coefficient (Wildman–Crippen LogP) is 12.9. The van der Waals surface area contributed by atoms with Gasteiger partial charge in [0.2, 0.25) is 0 Å². The van der Waals surface area contributed by atoms with Crippen LogP contribution in [0.5, 0.6) is 0 Å². The second-order valence-electron chi connectivity index (χ2n) is 15.2. The van der Waals surface area contributed by atoms with E-state index in [-0.39, 0.29) is 5.41 Å². The predicted molar refractivity (Wildman–Crippen MR) is 216 cm³/mol. The van der Waals surface area contributed by atoms with Gasteiger partial charge in [-0.25, -0.2) is 0 Å². The van der Waals surface area contributed by atoms with Gasteiger partial charge in [-0.2, -0.15) is 0 Å². The monoisotopic (exact) mass is 654 g/mol. The highest BCUT2D eigenvalue weighted by molar-refractivity contribution is 6.18. The minimum absolute atomic E-state index is 0.0935. The molecule has 10 rings (SSSR count). The van der Waals surface area contributed by atoms with Crippen LogP contribution in [0.4, 0.5) is 0 Å². The molecule has 0 aliphatic heterocycles. The van der Waals surface area contributed by atoms with Crippen LogP contribution in [-0.4, -0.2) is 9.55 Å². The summed E-state index contributed by atoms with van der Waals surface area (Å²) in [5, 5.41) is 8.08. The Hall–Kier alpha value is -5.99. The first-order valence-corrected chi connectivity index (χ1v) is 18.1. The SMILES string of the molecule is CC(C)(C)c1cc2c3c(ccc4c(-c5cccc(-n6c7ccccc7c7ccccc76)c5)cc(-c5ccc(-c6cccnc6)cc5)c(c43)CC2)c1. The zero-order valence-electron chi connectivity index (χ0n) is 29.2. The van der Waals surface area contributed by atoms with Crippen molar-refractivity contribution in [3.05, 3.63) is 169 Å². The summed E-state index contributed by atoms with van der Waals surface area (Å²) in [6.07, 6.45) is 5.85. The summed E-state index contributed by atoms with van der Waals surface area (Å²) in [6, 6.07) is 52.1. The maximum Gasteiger partial charge on any atom is 0.0541 e. The van der Waals surface area contributed by atoms with Crippen molar-refractivity contribution in [3.8, 4) is 39.1 Å². The third kappa shape index (κ3) is 4.74. The molecule has 0 saturated carbocycles. The van der Waals surface area contributed by atoms with Crippen LogP contribution in [-0.2, 0) is 18.3 Å². The molecule has 2 heteroatoms. The maximum absolute atomic E-state index is 4.36. The van der Waals surface area contributed by atoms with Crippen LogP contribution in [0, 0.1) is 0 Å². The lowest BCUT2D eigenvalue weighted by Gasteiger charge is -2.27. The van der Waals surface area contributed by atoms with Gasteiger partial charge in [0.05, 0.1) is 11.0 Å². The Kier molecular flexibility index (Phi) is 6.60. The second kappa shape index (κ2) is 11.3. The van der Waals surface area contributed by atoms with Crippen molar-refractivity contribution < 1.29 is 0 Å². The number of hydrogen-bond donors (Lipinski definition) is 0. The molecule has 51 heavy (non-hydrogen) atoms. The first-order chi connectivity index (χ1) is 24.9. The molecule has 0 saturated heterocycles. The number of fused-ring (bicyclic) bond motifs is 3. The Morgan fingerprint density at radius 2 is 1.25 bits per heavy atom. The molecule has 0 fully saturated rings. The van der Waals surface area contributed by atoms with Crippen molar-refractivity contribution >= 4 is 43.4 Å². The van der Waals surface area contributed by atoms with Crippen LogP contribution in [0.1, 0.15) is 37.5 Å². The summed E-state index contributed by atoms with van der Waals surface area (Å²) in [5.41, 5.74) is 15.5. The smallest absolute Gasteiger partial charge is 0.0541 e. The lowest BCUT2D eigenvalue weighted by Crippen LogP contribution is -2.13. The molecule has 0 N–H and O–H groups in total. The summed E-state index contributed by atoms with van der Waals surface area (Å²) in [7, 11) is 0. The van der Waals surface area contributed by atoms with Gasteiger partial charge in [-0.05, 0) is 126 Å². The molecule has 1 aliphatic carbocycles. The Bertz CT molecular complexity index is 2760. The lowest BCUT2D eigenvalue weighted by molar-refractivity contribution is 0.590. The number of aromatic nitrogens is 2. The Balaban J connectivity index is 1.24. The van der Waals surface area contributed by atoms with Crippen LogP contribution in [0.25, 0.3) is 82.4 Å². The van der Waals surface area contributed by atoms with Crippen LogP contribution >= 0.6 is 0 Å². The highest BCUT2D eigenvalue weighted by Gasteiger charge is 2.25. The highest BCUT2D eigenvalue weighted by atomic mass is 15.0. The van der Waals surface area contributed by atoms with Crippen molar-refractivity contribution in [1.82, 2.24) is 9.55 Å². The van der Waals surface area contributed by atoms with Gasteiger partial charge < -0.3 is 4.57 Å². The van der Waals surface area contributed by atoms with Gasteiger partial charge in [0.15, 0.2) is 0 Å². The van der Waals surface area contributed by atoms with E-state index in [1.54, 1.807) is 0 Å². The number of aryl methyl sites for hydroxylation is 2. The molecule has 1 aliphatic rings. The molecule has 2 heterocycles. The number of para-hydroxylation sites is 2. The van der Waals surface area contributed by atoms with E-state index in [0.717, 1.165) is 18.4 Å². The van der Waals surface area contributed by atoms with Crippen molar-refractivity contribution in [2.45, 2.75) is 39.0 Å². The van der Waals surface area contributed by atoms with Gasteiger partial charge in [-0.3, -0.25) is 4.98 Å². The van der Waals surface area contributed by atoms with Crippen molar-refractivity contribution in [1.29, 1.82) is 0 Å². The van der Waals surface area contributed by atoms with E-state index in [1.165, 1.54) is 93.5 Å². The zero-order valence-corrected chi connectivity index (χ0v) is 29.2. The fourth-order valence-corrected chi connectivity index (χ4v) is 8.57. The highest BCUT2D eigenvalue weighted by Crippen LogP contribution is 2.46. The molecule has 2 nitrogen and oxygen atoms in total. The molecule has 0 radical (unpaired) electrons. The number of hydrogen-bond acceptors (Lipinski definition) is 1. The number of benzene rings is 7. The largest absolute Gasteiger partial charge is 0.309 e. The molecule has 0 spiro atoms. The third-order valence-corrected chi connectivity index (χ3v) is 11.1. The fraction of sp³-hybridized carbons (Fsp3) is 0.122. The van der Waals surface area contributed by atoms with Gasteiger partial charge in [0.25, 0.3) is 0 Å². The number of pyridine rings is 1. The van der Waals surface area contributed by atoms with Crippen LogP contribution < -0.4 is 0 Å². The molecule has 0 atom stereocenters. The van der Waals surface area contributed by atoms with Crippen molar-refractivity contribution in [2.24, 2.45) is 0 Å². The van der Waals surface area contributed by atoms with E-state index in [0.29, 0.717) is 0 Å². The normalized spacial score (nSPS) is 12.8. The molecular formula is C49H38N2. The molecule has 7 aromatic carbocycles. The minimum Gasteiger partial charge on any atom is -0.309 e. The van der Waals surface area contributed by atoms with E-state index < -0.39 is 0 Å². The van der Waals surface area contributed by atoms with E-state index in [9.17, 15) is 0 Å². The molecular weight excluding hydrogens is 617 g/mol. The number of rotatable bonds is 4. The minimum atomic E-state index is 0.0935. The van der Waals surface area contributed by atoms with E-state index in [4.69, 9.17) is 0 Å². The van der Waals surface area contributed by atoms with Gasteiger partial charge >= 0.3 is 0 Å². The Labute approximate surface area is 298 Å². The first kappa shape index (κ1) is 29.9. The van der Waals surface area contributed by atoms with Crippen molar-refractivity contribution in [2.75, 3.05) is 0 Å². The average Bonchev–Trinajstić information content (AvgIpc) is 3.51. The van der Waals surface area contributed by atoms with E-state index >= 15 is 0 Å². The summed E-state index contributed by atoms with van der Waals surface area (Å²) >= 11 is 0. The Morgan fingerprint density at radius 1 is 0.529 bits per heavy atom. The zero-order chi connectivity index (χ0) is 34.3. The van der Waals surface area contributed by atoms with E-state index in [1.807, 2.05) is 18.5 Å². The summed E-state index contributed by atoms with van der Waals surface area (Å²) in [4.78, 5) is 4.36. The van der Waals surface area contributed by atoms with Crippen molar-refractivity contribution in [3.63, 3.8) is 0 Å². The third-order valence-electron chi connectivity index (χ3n) is 11.1. The Morgan fingerprint density at radius 3 is 1.98 bits per heavy atom. The maximum atomic E-state index is 4.36. The summed E-state index contributed by atoms with van der Waals surface area (Å²) in [5.74, 6) is 0. The fourth-order valence-electron chi connectivity index (χ4n) is 8.57. The standard InChI is InChI=1S/C49H38N2/c1-49(2,3)37-26-34-21-23-41-43(32-19-17-31(18-20-32)36-11-9-25-50-30-36)29-44(42-24-22-35(27-37)47(34)48(41)42)33-10-8-12-38(28-33)51-45-15-6-4-13-39(45)40-14-5-7-16-46(40)51/h4-20,22,24-30H,21,23H2,1-3H3. The van der Waals surface area contributed by atoms with Gasteiger partial charge in [-0.15, -0.1) is 0 Å². The van der Waals surface area contributed by atoms with Gasteiger partial charge in [0.1, 0.15) is 0 Å². The molecule has 2 aromatic heterocycles. The summed E-state index contributed by atoms with van der Waals surface area (Å²) < 4.78 is 2.42. The average molecular weight is 655 g/mol. The lowest BCUT2D eigenvalue weighted by atomic mass is 9.77. The molecule has 0 unspecified atom stereocenters.